The molecule has 170 valence electrons. The lowest BCUT2D eigenvalue weighted by atomic mass is 9.88. The quantitative estimate of drug-likeness (QED) is 0.676. The SMILES string of the molecule is COc1ccc(/C=C/C(=O)N[C@@H]2CCCc3ccccc32)cc1S(=O)(=O)N1CCOCC1. The lowest BCUT2D eigenvalue weighted by Gasteiger charge is -2.26. The first kappa shape index (κ1) is 22.5. The number of aryl methyl sites for hydroxylation is 1. The Hall–Kier alpha value is -2.68. The van der Waals surface area contributed by atoms with E-state index < -0.39 is 10.0 Å². The van der Waals surface area contributed by atoms with Crippen LogP contribution in [0.3, 0.4) is 0 Å². The molecule has 1 atom stereocenters. The summed E-state index contributed by atoms with van der Waals surface area (Å²) in [5.74, 6) is 0.0667. The predicted molar refractivity (Wildman–Crippen MR) is 122 cm³/mol. The third-order valence-electron chi connectivity index (χ3n) is 5.89. The van der Waals surface area contributed by atoms with Crippen LogP contribution in [0.25, 0.3) is 6.08 Å². The van der Waals surface area contributed by atoms with Crippen LogP contribution < -0.4 is 10.1 Å². The van der Waals surface area contributed by atoms with E-state index in [2.05, 4.69) is 17.4 Å². The van der Waals surface area contributed by atoms with Crippen molar-refractivity contribution in [1.29, 1.82) is 0 Å². The van der Waals surface area contributed by atoms with Crippen LogP contribution in [0.1, 0.15) is 35.6 Å². The van der Waals surface area contributed by atoms with Gasteiger partial charge in [-0.15, -0.1) is 0 Å². The summed E-state index contributed by atoms with van der Waals surface area (Å²) in [6.45, 7) is 1.34. The van der Waals surface area contributed by atoms with Gasteiger partial charge in [-0.05, 0) is 54.2 Å². The molecular formula is C24H28N2O5S. The number of ether oxygens (including phenoxy) is 2. The van der Waals surface area contributed by atoms with E-state index in [1.54, 1.807) is 24.3 Å². The minimum Gasteiger partial charge on any atom is -0.495 e. The number of sulfonamides is 1. The summed E-state index contributed by atoms with van der Waals surface area (Å²) < 4.78 is 38.2. The van der Waals surface area contributed by atoms with Crippen LogP contribution in [-0.4, -0.2) is 52.0 Å². The van der Waals surface area contributed by atoms with Gasteiger partial charge in [-0.1, -0.05) is 30.3 Å². The van der Waals surface area contributed by atoms with Crippen molar-refractivity contribution in [3.8, 4) is 5.75 Å². The maximum absolute atomic E-state index is 13.1. The molecule has 2 aromatic carbocycles. The molecule has 1 saturated heterocycles. The van der Waals surface area contributed by atoms with Crippen LogP contribution in [0, 0.1) is 0 Å². The fraction of sp³-hybridized carbons (Fsp3) is 0.375. The Balaban J connectivity index is 1.51. The highest BCUT2D eigenvalue weighted by Gasteiger charge is 2.29. The van der Waals surface area contributed by atoms with E-state index in [9.17, 15) is 13.2 Å². The number of morpholine rings is 1. The largest absolute Gasteiger partial charge is 0.495 e. The van der Waals surface area contributed by atoms with Gasteiger partial charge >= 0.3 is 0 Å². The zero-order valence-electron chi connectivity index (χ0n) is 18.1. The molecular weight excluding hydrogens is 428 g/mol. The van der Waals surface area contributed by atoms with Crippen LogP contribution in [0.4, 0.5) is 0 Å². The highest BCUT2D eigenvalue weighted by molar-refractivity contribution is 7.89. The average molecular weight is 457 g/mol. The molecule has 4 rings (SSSR count). The van der Waals surface area contributed by atoms with Gasteiger partial charge in [0.1, 0.15) is 10.6 Å². The summed E-state index contributed by atoms with van der Waals surface area (Å²) in [5.41, 5.74) is 3.06. The molecule has 7 nitrogen and oxygen atoms in total. The smallest absolute Gasteiger partial charge is 0.246 e. The molecule has 1 fully saturated rings. The van der Waals surface area contributed by atoms with Gasteiger partial charge in [-0.2, -0.15) is 4.31 Å². The van der Waals surface area contributed by atoms with E-state index in [4.69, 9.17) is 9.47 Å². The minimum absolute atomic E-state index is 0.00905. The van der Waals surface area contributed by atoms with Crippen LogP contribution in [-0.2, 0) is 26.0 Å². The summed E-state index contributed by atoms with van der Waals surface area (Å²) in [4.78, 5) is 12.7. The van der Waals surface area contributed by atoms with E-state index in [1.165, 1.54) is 28.6 Å². The fourth-order valence-electron chi connectivity index (χ4n) is 4.22. The van der Waals surface area contributed by atoms with E-state index in [0.717, 1.165) is 19.3 Å². The zero-order valence-corrected chi connectivity index (χ0v) is 18.9. The molecule has 2 aromatic rings. The van der Waals surface area contributed by atoms with Gasteiger partial charge in [0.05, 0.1) is 26.4 Å². The predicted octanol–water partition coefficient (Wildman–Crippen LogP) is 2.92. The lowest BCUT2D eigenvalue weighted by molar-refractivity contribution is -0.117. The number of nitrogens with zero attached hydrogens (tertiary/aromatic N) is 1. The van der Waals surface area contributed by atoms with Crippen molar-refractivity contribution in [2.45, 2.75) is 30.2 Å². The molecule has 0 bridgehead atoms. The Labute approximate surface area is 189 Å². The van der Waals surface area contributed by atoms with Crippen molar-refractivity contribution in [3.05, 3.63) is 65.2 Å². The van der Waals surface area contributed by atoms with Gasteiger partial charge in [-0.25, -0.2) is 8.42 Å². The summed E-state index contributed by atoms with van der Waals surface area (Å²) in [5, 5.41) is 3.07. The normalized spacial score (nSPS) is 19.5. The number of fused-ring (bicyclic) bond motifs is 1. The molecule has 32 heavy (non-hydrogen) atoms. The van der Waals surface area contributed by atoms with Gasteiger partial charge in [-0.3, -0.25) is 4.79 Å². The monoisotopic (exact) mass is 456 g/mol. The molecule has 1 aliphatic carbocycles. The van der Waals surface area contributed by atoms with Crippen molar-refractivity contribution >= 4 is 22.0 Å². The van der Waals surface area contributed by atoms with Crippen LogP contribution >= 0.6 is 0 Å². The van der Waals surface area contributed by atoms with Crippen molar-refractivity contribution in [3.63, 3.8) is 0 Å². The number of carbonyl (C=O) groups is 1. The Morgan fingerprint density at radius 3 is 2.75 bits per heavy atom. The maximum atomic E-state index is 13.1. The molecule has 8 heteroatoms. The molecule has 1 heterocycles. The van der Waals surface area contributed by atoms with Crippen LogP contribution in [0.5, 0.6) is 5.75 Å². The van der Waals surface area contributed by atoms with Gasteiger partial charge in [0, 0.05) is 19.2 Å². The standard InChI is InChI=1S/C24H28N2O5S/c1-30-22-11-9-18(17-23(22)32(28,29)26-13-15-31-16-14-26)10-12-24(27)25-21-8-4-6-19-5-2-3-7-20(19)21/h2-3,5,7,9-12,17,21H,4,6,8,13-16H2,1H3,(H,25,27)/b12-10+/t21-/m1/s1. The van der Waals surface area contributed by atoms with Crippen LogP contribution in [0.2, 0.25) is 0 Å². The van der Waals surface area contributed by atoms with Gasteiger partial charge in [0.25, 0.3) is 0 Å². The van der Waals surface area contributed by atoms with E-state index in [-0.39, 0.29) is 22.6 Å². The second kappa shape index (κ2) is 9.85. The van der Waals surface area contributed by atoms with Gasteiger partial charge < -0.3 is 14.8 Å². The second-order valence-electron chi connectivity index (χ2n) is 7.91. The number of benzene rings is 2. The molecule has 1 aliphatic heterocycles. The second-order valence-corrected chi connectivity index (χ2v) is 9.82. The third kappa shape index (κ3) is 4.87. The minimum atomic E-state index is -3.73. The van der Waals surface area contributed by atoms with Crippen molar-refractivity contribution in [2.75, 3.05) is 33.4 Å². The number of rotatable bonds is 6. The number of hydrogen-bond acceptors (Lipinski definition) is 5. The number of hydrogen-bond donors (Lipinski definition) is 1. The summed E-state index contributed by atoms with van der Waals surface area (Å²) >= 11 is 0. The van der Waals surface area contributed by atoms with Crippen LogP contribution in [0.15, 0.2) is 53.4 Å². The first-order valence-electron chi connectivity index (χ1n) is 10.8. The van der Waals surface area contributed by atoms with Crippen molar-refractivity contribution in [1.82, 2.24) is 9.62 Å². The average Bonchev–Trinajstić information content (AvgIpc) is 2.83. The van der Waals surface area contributed by atoms with E-state index >= 15 is 0 Å². The Morgan fingerprint density at radius 1 is 1.19 bits per heavy atom. The number of carbonyl (C=O) groups excluding carboxylic acids is 1. The van der Waals surface area contributed by atoms with Gasteiger partial charge in [0.2, 0.25) is 15.9 Å². The molecule has 1 amide bonds. The molecule has 1 N–H and O–H groups in total. The zero-order chi connectivity index (χ0) is 22.6. The topological polar surface area (TPSA) is 84.9 Å². The summed E-state index contributed by atoms with van der Waals surface area (Å²) in [6, 6.07) is 13.1. The van der Waals surface area contributed by atoms with Gasteiger partial charge in [0.15, 0.2) is 0 Å². The Morgan fingerprint density at radius 2 is 1.97 bits per heavy atom. The first-order chi connectivity index (χ1) is 15.5. The van der Waals surface area contributed by atoms with E-state index in [0.29, 0.717) is 31.9 Å². The summed E-state index contributed by atoms with van der Waals surface area (Å²) in [6.07, 6.45) is 6.05. The molecule has 0 unspecified atom stereocenters. The molecule has 0 radical (unpaired) electrons. The lowest BCUT2D eigenvalue weighted by Crippen LogP contribution is -2.40. The number of nitrogens with one attached hydrogen (secondary N) is 1. The van der Waals surface area contributed by atoms with Crippen molar-refractivity contribution < 1.29 is 22.7 Å². The summed E-state index contributed by atoms with van der Waals surface area (Å²) in [7, 11) is -2.29. The number of methoxy groups -OCH3 is 1. The highest BCUT2D eigenvalue weighted by Crippen LogP contribution is 2.30. The molecule has 0 aromatic heterocycles. The fourth-order valence-corrected chi connectivity index (χ4v) is 5.82. The maximum Gasteiger partial charge on any atom is 0.246 e. The first-order valence-corrected chi connectivity index (χ1v) is 12.3. The van der Waals surface area contributed by atoms with E-state index in [1.807, 2.05) is 12.1 Å². The third-order valence-corrected chi connectivity index (χ3v) is 7.81. The molecule has 2 aliphatic rings. The number of amides is 1. The highest BCUT2D eigenvalue weighted by atomic mass is 32.2. The molecule has 0 saturated carbocycles. The van der Waals surface area contributed by atoms with Crippen molar-refractivity contribution in [2.24, 2.45) is 0 Å². The Bertz CT molecular complexity index is 1110. The Kier molecular flexibility index (Phi) is 6.93. The molecule has 0 spiro atoms.